The molecule has 0 fully saturated rings. The highest BCUT2D eigenvalue weighted by atomic mass is 19.4. The van der Waals surface area contributed by atoms with Crippen molar-refractivity contribution in [2.75, 3.05) is 36.6 Å². The molecule has 0 aromatic heterocycles. The number of rotatable bonds is 18. The minimum atomic E-state index is -6.45. The van der Waals surface area contributed by atoms with E-state index >= 15 is 0 Å². The number of benzene rings is 3. The van der Waals surface area contributed by atoms with Gasteiger partial charge in [0.1, 0.15) is 5.75 Å². The van der Waals surface area contributed by atoms with Gasteiger partial charge in [-0.2, -0.15) is 30.7 Å². The molecule has 1 amide bonds. The van der Waals surface area contributed by atoms with E-state index in [1.807, 2.05) is 0 Å². The Hall–Kier alpha value is -5.81. The minimum absolute atomic E-state index is 0.0666. The van der Waals surface area contributed by atoms with Gasteiger partial charge in [-0.25, -0.2) is 19.2 Å². The van der Waals surface area contributed by atoms with Crippen molar-refractivity contribution in [2.24, 2.45) is 0 Å². The molecule has 292 valence electrons. The lowest BCUT2D eigenvalue weighted by Gasteiger charge is -2.28. The van der Waals surface area contributed by atoms with Gasteiger partial charge in [-0.05, 0) is 98.3 Å². The van der Waals surface area contributed by atoms with Crippen LogP contribution < -0.4 is 21.5 Å². The number of carbonyl (C=O) groups excluding carboxylic acids is 4. The number of hydrogen-bond donors (Lipinski definition) is 3. The molecule has 0 aliphatic carbocycles. The van der Waals surface area contributed by atoms with E-state index < -0.39 is 61.5 Å². The Labute approximate surface area is 304 Å². The topological polar surface area (TPSA) is 169 Å². The summed E-state index contributed by atoms with van der Waals surface area (Å²) in [5.41, 5.74) is 13.1. The fourth-order valence-corrected chi connectivity index (χ4v) is 4.47. The van der Waals surface area contributed by atoms with Crippen molar-refractivity contribution in [1.29, 1.82) is 0 Å². The quantitative estimate of drug-likeness (QED) is 0.0218. The second kappa shape index (κ2) is 19.3. The van der Waals surface area contributed by atoms with Gasteiger partial charge < -0.3 is 30.4 Å². The number of nitrogens with two attached hydrogens (primary N) is 2. The van der Waals surface area contributed by atoms with Crippen molar-refractivity contribution in [3.05, 3.63) is 89.5 Å². The van der Waals surface area contributed by atoms with Crippen molar-refractivity contribution in [1.82, 2.24) is 0 Å². The molecule has 0 aliphatic rings. The number of carbonyl (C=O) groups is 4. The maximum Gasteiger partial charge on any atom is 0.459 e. The second-order valence-corrected chi connectivity index (χ2v) is 11.6. The van der Waals surface area contributed by atoms with E-state index in [4.69, 9.17) is 25.7 Å². The molecule has 0 radical (unpaired) electrons. The van der Waals surface area contributed by atoms with Crippen molar-refractivity contribution < 1.29 is 68.9 Å². The Bertz CT molecular complexity index is 1750. The number of nitrogens with one attached hydrogen (secondary N) is 1. The van der Waals surface area contributed by atoms with Crippen LogP contribution in [0.3, 0.4) is 0 Å². The monoisotopic (exact) mass is 771 g/mol. The van der Waals surface area contributed by atoms with Gasteiger partial charge in [-0.1, -0.05) is 12.1 Å². The average molecular weight is 772 g/mol. The predicted octanol–water partition coefficient (Wildman–Crippen LogP) is 8.21. The molecule has 18 heteroatoms. The number of esters is 3. The van der Waals surface area contributed by atoms with Crippen LogP contribution >= 0.6 is 0 Å². The second-order valence-electron chi connectivity index (χ2n) is 11.6. The van der Waals surface area contributed by atoms with Crippen molar-refractivity contribution in [2.45, 2.75) is 56.5 Å². The van der Waals surface area contributed by atoms with Gasteiger partial charge in [0.05, 0.1) is 30.9 Å². The van der Waals surface area contributed by atoms with Gasteiger partial charge in [0.15, 0.2) is 0 Å². The highest BCUT2D eigenvalue weighted by Gasteiger charge is 2.72. The Morgan fingerprint density at radius 1 is 0.648 bits per heavy atom. The predicted molar refractivity (Wildman–Crippen MR) is 182 cm³/mol. The van der Waals surface area contributed by atoms with Crippen LogP contribution in [0, 0.1) is 0 Å². The molecular weight excluding hydrogens is 735 g/mol. The largest absolute Gasteiger partial charge is 0.463 e. The van der Waals surface area contributed by atoms with Crippen LogP contribution in [0.4, 0.5) is 52.6 Å². The van der Waals surface area contributed by atoms with Gasteiger partial charge >= 0.3 is 42.0 Å². The number of nitrogen functional groups attached to an aromatic ring is 2. The highest BCUT2D eigenvalue weighted by molar-refractivity contribution is 5.93. The van der Waals surface area contributed by atoms with E-state index in [1.165, 1.54) is 66.7 Å². The van der Waals surface area contributed by atoms with E-state index in [0.29, 0.717) is 29.8 Å². The number of anilines is 3. The summed E-state index contributed by atoms with van der Waals surface area (Å²) >= 11 is 0. The number of halogens is 7. The van der Waals surface area contributed by atoms with Gasteiger partial charge in [-0.3, -0.25) is 5.32 Å². The summed E-state index contributed by atoms with van der Waals surface area (Å²) in [7, 11) is 0. The van der Waals surface area contributed by atoms with Crippen LogP contribution in [0.1, 0.15) is 64.8 Å². The first-order chi connectivity index (χ1) is 25.4. The fourth-order valence-electron chi connectivity index (χ4n) is 4.47. The molecule has 0 spiro atoms. The summed E-state index contributed by atoms with van der Waals surface area (Å²) in [4.78, 5) is 48.5. The summed E-state index contributed by atoms with van der Waals surface area (Å²) in [6.07, 6.45) is -5.00. The Balaban J connectivity index is 1.30. The minimum Gasteiger partial charge on any atom is -0.463 e. The lowest BCUT2D eigenvalue weighted by Crippen LogP contribution is -2.51. The third kappa shape index (κ3) is 13.3. The molecule has 0 atom stereocenters. The number of unbranched alkanes of at least 4 members (excludes halogenated alkanes) is 3. The maximum atomic E-state index is 13.3. The molecule has 3 aromatic carbocycles. The molecular formula is C36H36F7N3O8. The van der Waals surface area contributed by atoms with Gasteiger partial charge in [0.25, 0.3) is 0 Å². The molecule has 0 aliphatic heterocycles. The van der Waals surface area contributed by atoms with Crippen molar-refractivity contribution >= 4 is 47.1 Å². The van der Waals surface area contributed by atoms with Crippen LogP contribution in [0.5, 0.6) is 5.75 Å². The molecule has 3 rings (SSSR count). The summed E-state index contributed by atoms with van der Waals surface area (Å²) in [6, 6.07) is 15.7. The number of amides is 1. The number of hydrogen-bond acceptors (Lipinski definition) is 10. The molecule has 0 saturated carbocycles. The zero-order valence-corrected chi connectivity index (χ0v) is 28.4. The van der Waals surface area contributed by atoms with E-state index in [-0.39, 0.29) is 35.8 Å². The van der Waals surface area contributed by atoms with Crippen molar-refractivity contribution in [3.63, 3.8) is 0 Å². The number of alkyl halides is 7. The summed E-state index contributed by atoms with van der Waals surface area (Å²) in [5, 5.41) is 2.18. The summed E-state index contributed by atoms with van der Waals surface area (Å²) < 4.78 is 109. The Morgan fingerprint density at radius 2 is 1.22 bits per heavy atom. The third-order valence-corrected chi connectivity index (χ3v) is 7.28. The number of ether oxygens (including phenoxy) is 4. The SMILES string of the molecule is Nc1cc(N)cc(C(=O)OCCCCCCOC(=O)/C=C/c2ccc(OC(=O)c3ccc(NC(=O)OCCCC(F)(F)C(F)(F)C(F)(F)F)cc3)cc2)c1. The Morgan fingerprint density at radius 3 is 1.81 bits per heavy atom. The lowest BCUT2D eigenvalue weighted by atomic mass is 10.1. The smallest absolute Gasteiger partial charge is 0.459 e. The van der Waals surface area contributed by atoms with Crippen LogP contribution in [-0.4, -0.2) is 61.8 Å². The maximum absolute atomic E-state index is 13.3. The summed E-state index contributed by atoms with van der Waals surface area (Å²) in [5.74, 6) is -13.3. The first-order valence-corrected chi connectivity index (χ1v) is 16.2. The van der Waals surface area contributed by atoms with Gasteiger partial charge in [0, 0.05) is 29.6 Å². The first kappa shape index (κ1) is 42.6. The normalized spacial score (nSPS) is 11.9. The van der Waals surface area contributed by atoms with Crippen LogP contribution in [0.15, 0.2) is 72.8 Å². The van der Waals surface area contributed by atoms with E-state index in [9.17, 15) is 49.9 Å². The molecule has 3 aromatic rings. The molecule has 0 saturated heterocycles. The van der Waals surface area contributed by atoms with Crippen LogP contribution in [0.25, 0.3) is 6.08 Å². The summed E-state index contributed by atoms with van der Waals surface area (Å²) in [6.45, 7) is -0.442. The van der Waals surface area contributed by atoms with E-state index in [1.54, 1.807) is 12.1 Å². The standard InChI is InChI=1S/C36H36F7N3O8/c37-34(38,35(39,40)36(41,42)43)16-5-19-53-33(50)46-28-11-9-24(10-12-28)32(49)54-29-13-6-23(7-14-29)8-15-30(47)51-17-3-1-2-4-18-52-31(48)25-20-26(44)22-27(45)21-25/h6-15,20-22H,1-5,16-19,44-45H2,(H,46,50)/b15-8+. The van der Waals surface area contributed by atoms with E-state index in [0.717, 1.165) is 12.8 Å². The van der Waals surface area contributed by atoms with Crippen LogP contribution in [0.2, 0.25) is 0 Å². The van der Waals surface area contributed by atoms with Crippen LogP contribution in [-0.2, 0) is 19.0 Å². The fraction of sp³-hybridized carbons (Fsp3) is 0.333. The lowest BCUT2D eigenvalue weighted by molar-refractivity contribution is -0.355. The zero-order valence-electron chi connectivity index (χ0n) is 28.4. The zero-order chi connectivity index (χ0) is 39.9. The average Bonchev–Trinajstić information content (AvgIpc) is 3.10. The van der Waals surface area contributed by atoms with E-state index in [2.05, 4.69) is 10.1 Å². The highest BCUT2D eigenvalue weighted by Crippen LogP contribution is 2.48. The molecule has 0 bridgehead atoms. The van der Waals surface area contributed by atoms with Gasteiger partial charge in [0.2, 0.25) is 0 Å². The molecule has 0 heterocycles. The molecule has 5 N–H and O–H groups in total. The molecule has 11 nitrogen and oxygen atoms in total. The first-order valence-electron chi connectivity index (χ1n) is 16.2. The molecule has 54 heavy (non-hydrogen) atoms. The third-order valence-electron chi connectivity index (χ3n) is 7.28. The van der Waals surface area contributed by atoms with Gasteiger partial charge in [-0.15, -0.1) is 0 Å². The van der Waals surface area contributed by atoms with Crippen molar-refractivity contribution in [3.8, 4) is 5.75 Å². The Kier molecular flexibility index (Phi) is 15.2. The molecule has 0 unspecified atom stereocenters.